The largest absolute Gasteiger partial charge is 0.453 e. The fourth-order valence-electron chi connectivity index (χ4n) is 2.72. The first-order chi connectivity index (χ1) is 12.0. The number of rotatable bonds is 4. The van der Waals surface area contributed by atoms with Gasteiger partial charge in [0.2, 0.25) is 5.91 Å². The number of ether oxygens (including phenoxy) is 1. The van der Waals surface area contributed by atoms with Crippen LogP contribution in [0.5, 0.6) is 0 Å². The minimum absolute atomic E-state index is 0.0339. The Kier molecular flexibility index (Phi) is 6.62. The second kappa shape index (κ2) is 8.91. The molecule has 1 heterocycles. The van der Waals surface area contributed by atoms with Gasteiger partial charge in [-0.3, -0.25) is 4.79 Å². The third-order valence-electron chi connectivity index (χ3n) is 3.96. The van der Waals surface area contributed by atoms with Crippen LogP contribution in [-0.4, -0.2) is 49.2 Å². The van der Waals surface area contributed by atoms with Gasteiger partial charge in [-0.15, -0.1) is 0 Å². The number of hydrogen-bond acceptors (Lipinski definition) is 4. The topological polar surface area (TPSA) is 99.8 Å². The van der Waals surface area contributed by atoms with Gasteiger partial charge in [0.25, 0.3) is 0 Å². The fourth-order valence-corrected chi connectivity index (χ4v) is 2.72. The summed E-state index contributed by atoms with van der Waals surface area (Å²) in [4.78, 5) is 36.2. The molecule has 25 heavy (non-hydrogen) atoms. The number of anilines is 1. The molecule has 136 valence electrons. The first kappa shape index (κ1) is 18.6. The molecule has 1 fully saturated rings. The fraction of sp³-hybridized carbons (Fsp3) is 0.471. The van der Waals surface area contributed by atoms with Gasteiger partial charge in [0, 0.05) is 38.3 Å². The summed E-state index contributed by atoms with van der Waals surface area (Å²) in [6, 6.07) is 7.09. The smallest absolute Gasteiger partial charge is 0.409 e. The molecule has 1 aliphatic heterocycles. The van der Waals surface area contributed by atoms with E-state index in [4.69, 9.17) is 0 Å². The molecule has 0 spiro atoms. The Morgan fingerprint density at radius 1 is 1.24 bits per heavy atom. The number of amides is 4. The van der Waals surface area contributed by atoms with Crippen LogP contribution < -0.4 is 16.0 Å². The Morgan fingerprint density at radius 2 is 1.96 bits per heavy atom. The highest BCUT2D eigenvalue weighted by Crippen LogP contribution is 2.12. The summed E-state index contributed by atoms with van der Waals surface area (Å²) < 4.78 is 4.69. The number of hydrogen-bond donors (Lipinski definition) is 3. The van der Waals surface area contributed by atoms with E-state index in [1.54, 1.807) is 11.0 Å². The zero-order chi connectivity index (χ0) is 18.2. The van der Waals surface area contributed by atoms with Crippen molar-refractivity contribution in [3.8, 4) is 0 Å². The van der Waals surface area contributed by atoms with Crippen LogP contribution in [0.25, 0.3) is 0 Å². The number of nitrogens with one attached hydrogen (secondary N) is 3. The molecule has 1 saturated heterocycles. The summed E-state index contributed by atoms with van der Waals surface area (Å²) in [7, 11) is 1.36. The number of likely N-dealkylation sites (tertiary alicyclic amines) is 1. The van der Waals surface area contributed by atoms with Crippen molar-refractivity contribution in [1.29, 1.82) is 0 Å². The molecule has 1 aromatic carbocycles. The van der Waals surface area contributed by atoms with E-state index in [1.165, 1.54) is 14.0 Å². The summed E-state index contributed by atoms with van der Waals surface area (Å²) >= 11 is 0. The first-order valence-electron chi connectivity index (χ1n) is 8.21. The van der Waals surface area contributed by atoms with Crippen LogP contribution in [-0.2, 0) is 16.1 Å². The van der Waals surface area contributed by atoms with Crippen molar-refractivity contribution in [2.75, 3.05) is 25.5 Å². The van der Waals surface area contributed by atoms with E-state index in [0.717, 1.165) is 5.56 Å². The van der Waals surface area contributed by atoms with Gasteiger partial charge in [0.05, 0.1) is 7.11 Å². The normalized spacial score (nSPS) is 14.6. The number of carbonyl (C=O) groups is 3. The number of nitrogens with zero attached hydrogens (tertiary/aromatic N) is 1. The van der Waals surface area contributed by atoms with Crippen LogP contribution in [0.1, 0.15) is 25.3 Å². The number of urea groups is 1. The number of piperidine rings is 1. The second-order valence-corrected chi connectivity index (χ2v) is 5.94. The monoisotopic (exact) mass is 348 g/mol. The average molecular weight is 348 g/mol. The van der Waals surface area contributed by atoms with E-state index in [2.05, 4.69) is 20.7 Å². The quantitative estimate of drug-likeness (QED) is 0.771. The molecule has 8 nitrogen and oxygen atoms in total. The molecular weight excluding hydrogens is 324 g/mol. The van der Waals surface area contributed by atoms with Gasteiger partial charge in [0.15, 0.2) is 0 Å². The lowest BCUT2D eigenvalue weighted by Gasteiger charge is -2.31. The van der Waals surface area contributed by atoms with E-state index >= 15 is 0 Å². The Hall–Kier alpha value is -2.77. The molecule has 2 rings (SSSR count). The molecule has 0 unspecified atom stereocenters. The average Bonchev–Trinajstić information content (AvgIpc) is 2.60. The Bertz CT molecular complexity index is 627. The summed E-state index contributed by atoms with van der Waals surface area (Å²) in [5.74, 6) is -0.138. The predicted octanol–water partition coefficient (Wildman–Crippen LogP) is 1.67. The van der Waals surface area contributed by atoms with Gasteiger partial charge in [-0.1, -0.05) is 12.1 Å². The van der Waals surface area contributed by atoms with Crippen molar-refractivity contribution in [1.82, 2.24) is 15.5 Å². The highest BCUT2D eigenvalue weighted by atomic mass is 16.5. The lowest BCUT2D eigenvalue weighted by atomic mass is 10.1. The van der Waals surface area contributed by atoms with Crippen LogP contribution >= 0.6 is 0 Å². The van der Waals surface area contributed by atoms with E-state index in [9.17, 15) is 14.4 Å². The summed E-state index contributed by atoms with van der Waals surface area (Å²) in [6.07, 6.45) is 1.06. The third kappa shape index (κ3) is 5.98. The summed E-state index contributed by atoms with van der Waals surface area (Å²) in [5.41, 5.74) is 1.59. The lowest BCUT2D eigenvalue weighted by molar-refractivity contribution is -0.114. The zero-order valence-corrected chi connectivity index (χ0v) is 14.5. The van der Waals surface area contributed by atoms with E-state index < -0.39 is 0 Å². The van der Waals surface area contributed by atoms with Gasteiger partial charge >= 0.3 is 12.1 Å². The predicted molar refractivity (Wildman–Crippen MR) is 93.1 cm³/mol. The number of benzene rings is 1. The van der Waals surface area contributed by atoms with Crippen molar-refractivity contribution in [3.63, 3.8) is 0 Å². The van der Waals surface area contributed by atoms with Gasteiger partial charge in [-0.2, -0.15) is 0 Å². The van der Waals surface area contributed by atoms with Gasteiger partial charge in [-0.05, 0) is 30.5 Å². The van der Waals surface area contributed by atoms with Crippen molar-refractivity contribution < 1.29 is 19.1 Å². The molecule has 0 radical (unpaired) electrons. The van der Waals surface area contributed by atoms with Crippen molar-refractivity contribution in [2.24, 2.45) is 0 Å². The molecule has 0 aromatic heterocycles. The third-order valence-corrected chi connectivity index (χ3v) is 3.96. The number of methoxy groups -OCH3 is 1. The van der Waals surface area contributed by atoms with Crippen molar-refractivity contribution in [3.05, 3.63) is 29.8 Å². The van der Waals surface area contributed by atoms with Gasteiger partial charge < -0.3 is 25.6 Å². The van der Waals surface area contributed by atoms with Crippen molar-refractivity contribution in [2.45, 2.75) is 32.4 Å². The molecule has 0 aliphatic carbocycles. The maximum absolute atomic E-state index is 12.0. The van der Waals surface area contributed by atoms with Gasteiger partial charge in [0.1, 0.15) is 0 Å². The molecule has 0 atom stereocenters. The Labute approximate surface area is 146 Å². The second-order valence-electron chi connectivity index (χ2n) is 5.94. The maximum Gasteiger partial charge on any atom is 0.409 e. The van der Waals surface area contributed by atoms with Crippen LogP contribution in [0.2, 0.25) is 0 Å². The van der Waals surface area contributed by atoms with Gasteiger partial charge in [-0.25, -0.2) is 9.59 Å². The summed E-state index contributed by atoms with van der Waals surface area (Å²) in [5, 5.41) is 8.43. The number of carbonyl (C=O) groups excluding carboxylic acids is 3. The minimum atomic E-state index is -0.332. The van der Waals surface area contributed by atoms with Crippen LogP contribution in [0.3, 0.4) is 0 Å². The first-order valence-corrected chi connectivity index (χ1v) is 8.21. The zero-order valence-electron chi connectivity index (χ0n) is 14.5. The van der Waals surface area contributed by atoms with Crippen molar-refractivity contribution >= 4 is 23.7 Å². The van der Waals surface area contributed by atoms with Crippen LogP contribution in [0.4, 0.5) is 15.3 Å². The Balaban J connectivity index is 1.74. The molecule has 8 heteroatoms. The standard InChI is InChI=1S/C17H24N4O4/c1-12(22)19-15-5-3-4-13(10-15)11-18-16(23)20-14-6-8-21(9-7-14)17(24)25-2/h3-5,10,14H,6-9,11H2,1-2H3,(H,19,22)(H2,18,20,23). The molecule has 1 aliphatic rings. The SMILES string of the molecule is COC(=O)N1CCC(NC(=O)NCc2cccc(NC(C)=O)c2)CC1. The van der Waals surface area contributed by atoms with Crippen LogP contribution in [0, 0.1) is 0 Å². The minimum Gasteiger partial charge on any atom is -0.453 e. The molecule has 1 aromatic rings. The van der Waals surface area contributed by atoms with E-state index in [1.807, 2.05) is 18.2 Å². The highest BCUT2D eigenvalue weighted by Gasteiger charge is 2.24. The molecular formula is C17H24N4O4. The van der Waals surface area contributed by atoms with Crippen LogP contribution in [0.15, 0.2) is 24.3 Å². The van der Waals surface area contributed by atoms with E-state index in [0.29, 0.717) is 38.2 Å². The molecule has 3 N–H and O–H groups in total. The molecule has 0 bridgehead atoms. The summed E-state index contributed by atoms with van der Waals surface area (Å²) in [6.45, 7) is 2.94. The Morgan fingerprint density at radius 3 is 2.60 bits per heavy atom. The lowest BCUT2D eigenvalue weighted by Crippen LogP contribution is -2.49. The van der Waals surface area contributed by atoms with E-state index in [-0.39, 0.29) is 24.1 Å². The maximum atomic E-state index is 12.0. The molecule has 4 amide bonds. The molecule has 0 saturated carbocycles. The highest BCUT2D eigenvalue weighted by molar-refractivity contribution is 5.88.